The molecule has 0 aromatic heterocycles. The molecule has 5 heteroatoms. The van der Waals surface area contributed by atoms with Crippen molar-refractivity contribution in [3.63, 3.8) is 0 Å². The normalized spacial score (nSPS) is 24.2. The number of halogens is 1. The minimum absolute atomic E-state index is 0.207. The van der Waals surface area contributed by atoms with Crippen molar-refractivity contribution >= 4 is 28.3 Å². The Morgan fingerprint density at radius 1 is 1.13 bits per heavy atom. The first-order valence-corrected chi connectivity index (χ1v) is 12.2. The van der Waals surface area contributed by atoms with E-state index in [1.165, 1.54) is 24.8 Å². The summed E-state index contributed by atoms with van der Waals surface area (Å²) < 4.78 is 6.34. The standard InChI is InChI=1S/C26H34ClNO3/c1-3-18-4-9-22(10-5-18)31-24-11-8-19-6-7-21(16-23(19)25(24)27)17(2)28-14-12-20(13-15-28)26(29)30/h6-8,11,16-18,20,22H,3-5,9-10,12-15H2,1-2H3,(H,29,30). The third-order valence-corrected chi connectivity index (χ3v) is 7.91. The molecule has 0 amide bonds. The SMILES string of the molecule is CCC1CCC(Oc2ccc3ccc(C(C)N4CCC(C(=O)O)CC4)cc3c2Cl)CC1. The summed E-state index contributed by atoms with van der Waals surface area (Å²) >= 11 is 6.83. The average molecular weight is 444 g/mol. The third kappa shape index (κ3) is 5.01. The minimum atomic E-state index is -0.666. The maximum absolute atomic E-state index is 11.2. The van der Waals surface area contributed by atoms with Crippen LogP contribution in [-0.4, -0.2) is 35.2 Å². The van der Waals surface area contributed by atoms with E-state index in [1.54, 1.807) is 0 Å². The molecule has 1 saturated carbocycles. The van der Waals surface area contributed by atoms with Crippen molar-refractivity contribution in [2.45, 2.75) is 70.9 Å². The van der Waals surface area contributed by atoms with Gasteiger partial charge in [0, 0.05) is 11.4 Å². The molecule has 1 aliphatic carbocycles. The lowest BCUT2D eigenvalue weighted by Gasteiger charge is -2.35. The fourth-order valence-corrected chi connectivity index (χ4v) is 5.48. The highest BCUT2D eigenvalue weighted by atomic mass is 35.5. The zero-order chi connectivity index (χ0) is 22.0. The van der Waals surface area contributed by atoms with Gasteiger partial charge in [-0.15, -0.1) is 0 Å². The molecular formula is C26H34ClNO3. The molecule has 1 unspecified atom stereocenters. The molecule has 1 N–H and O–H groups in total. The van der Waals surface area contributed by atoms with Crippen LogP contribution in [-0.2, 0) is 4.79 Å². The molecule has 1 heterocycles. The lowest BCUT2D eigenvalue weighted by atomic mass is 9.86. The third-order valence-electron chi connectivity index (χ3n) is 7.52. The quantitative estimate of drug-likeness (QED) is 0.539. The topological polar surface area (TPSA) is 49.8 Å². The van der Waals surface area contributed by atoms with E-state index >= 15 is 0 Å². The molecule has 4 nitrogen and oxygen atoms in total. The second-order valence-corrected chi connectivity index (χ2v) is 9.73. The van der Waals surface area contributed by atoms with Gasteiger partial charge in [-0.05, 0) is 87.5 Å². The Morgan fingerprint density at radius 2 is 1.81 bits per heavy atom. The van der Waals surface area contributed by atoms with Crippen LogP contribution in [0.25, 0.3) is 10.8 Å². The summed E-state index contributed by atoms with van der Waals surface area (Å²) in [5, 5.41) is 12.1. The molecule has 0 bridgehead atoms. The van der Waals surface area contributed by atoms with E-state index in [1.807, 2.05) is 6.07 Å². The number of carboxylic acid groups (broad SMARTS) is 1. The molecule has 31 heavy (non-hydrogen) atoms. The summed E-state index contributed by atoms with van der Waals surface area (Å²) in [5.41, 5.74) is 1.21. The van der Waals surface area contributed by atoms with Gasteiger partial charge in [-0.1, -0.05) is 43.1 Å². The van der Waals surface area contributed by atoms with Gasteiger partial charge in [0.1, 0.15) is 5.75 Å². The molecule has 0 spiro atoms. The predicted octanol–water partition coefficient (Wildman–Crippen LogP) is 6.70. The van der Waals surface area contributed by atoms with Crippen molar-refractivity contribution in [2.75, 3.05) is 13.1 Å². The maximum Gasteiger partial charge on any atom is 0.306 e. The van der Waals surface area contributed by atoms with Gasteiger partial charge in [-0.3, -0.25) is 9.69 Å². The fraction of sp³-hybridized carbons (Fsp3) is 0.577. The van der Waals surface area contributed by atoms with Crippen LogP contribution in [0.15, 0.2) is 30.3 Å². The number of piperidine rings is 1. The predicted molar refractivity (Wildman–Crippen MR) is 126 cm³/mol. The Kier molecular flexibility index (Phi) is 7.08. The number of nitrogens with zero attached hydrogens (tertiary/aromatic N) is 1. The number of aliphatic carboxylic acids is 1. The Labute approximate surface area is 190 Å². The van der Waals surface area contributed by atoms with Crippen LogP contribution < -0.4 is 4.74 Å². The van der Waals surface area contributed by atoms with E-state index in [9.17, 15) is 9.90 Å². The van der Waals surface area contributed by atoms with Gasteiger partial charge in [0.15, 0.2) is 0 Å². The summed E-state index contributed by atoms with van der Waals surface area (Å²) in [4.78, 5) is 13.6. The first-order chi connectivity index (χ1) is 15.0. The molecule has 0 radical (unpaired) electrons. The van der Waals surface area contributed by atoms with Crippen molar-refractivity contribution in [1.82, 2.24) is 4.90 Å². The number of benzene rings is 2. The van der Waals surface area contributed by atoms with Crippen molar-refractivity contribution in [2.24, 2.45) is 11.8 Å². The summed E-state index contributed by atoms with van der Waals surface area (Å²) in [6.45, 7) is 6.10. The van der Waals surface area contributed by atoms with Gasteiger partial charge in [0.25, 0.3) is 0 Å². The summed E-state index contributed by atoms with van der Waals surface area (Å²) in [7, 11) is 0. The van der Waals surface area contributed by atoms with E-state index in [4.69, 9.17) is 16.3 Å². The highest BCUT2D eigenvalue weighted by Gasteiger charge is 2.28. The van der Waals surface area contributed by atoms with Crippen LogP contribution in [0.4, 0.5) is 0 Å². The van der Waals surface area contributed by atoms with Crippen molar-refractivity contribution in [3.05, 3.63) is 40.9 Å². The number of rotatable bonds is 6. The smallest absolute Gasteiger partial charge is 0.306 e. The van der Waals surface area contributed by atoms with Gasteiger partial charge in [-0.25, -0.2) is 0 Å². The largest absolute Gasteiger partial charge is 0.489 e. The average Bonchev–Trinajstić information content (AvgIpc) is 2.81. The highest BCUT2D eigenvalue weighted by molar-refractivity contribution is 6.37. The first-order valence-electron chi connectivity index (χ1n) is 11.8. The Hall–Kier alpha value is -1.78. The van der Waals surface area contributed by atoms with Gasteiger partial charge in [0.05, 0.1) is 17.0 Å². The second-order valence-electron chi connectivity index (χ2n) is 9.35. The number of fused-ring (bicyclic) bond motifs is 1. The zero-order valence-electron chi connectivity index (χ0n) is 18.6. The van der Waals surface area contributed by atoms with E-state index in [0.29, 0.717) is 17.9 Å². The van der Waals surface area contributed by atoms with E-state index in [0.717, 1.165) is 48.4 Å². The molecule has 2 fully saturated rings. The van der Waals surface area contributed by atoms with E-state index < -0.39 is 5.97 Å². The monoisotopic (exact) mass is 443 g/mol. The van der Waals surface area contributed by atoms with Crippen LogP contribution in [0.1, 0.15) is 70.4 Å². The number of hydrogen-bond donors (Lipinski definition) is 1. The van der Waals surface area contributed by atoms with Crippen LogP contribution in [0.5, 0.6) is 5.75 Å². The van der Waals surface area contributed by atoms with Crippen LogP contribution >= 0.6 is 11.6 Å². The minimum Gasteiger partial charge on any atom is -0.489 e. The lowest BCUT2D eigenvalue weighted by molar-refractivity contribution is -0.143. The number of carbonyl (C=O) groups is 1. The van der Waals surface area contributed by atoms with Crippen LogP contribution in [0.3, 0.4) is 0 Å². The number of likely N-dealkylation sites (tertiary alicyclic amines) is 1. The molecule has 4 rings (SSSR count). The van der Waals surface area contributed by atoms with Crippen molar-refractivity contribution < 1.29 is 14.6 Å². The first kappa shape index (κ1) is 22.4. The number of ether oxygens (including phenoxy) is 1. The Balaban J connectivity index is 1.49. The fourth-order valence-electron chi connectivity index (χ4n) is 5.21. The van der Waals surface area contributed by atoms with E-state index in [2.05, 4.69) is 43.0 Å². The molecule has 2 aromatic rings. The maximum atomic E-state index is 11.2. The highest BCUT2D eigenvalue weighted by Crippen LogP contribution is 2.38. The van der Waals surface area contributed by atoms with Gasteiger partial charge in [-0.2, -0.15) is 0 Å². The zero-order valence-corrected chi connectivity index (χ0v) is 19.4. The second kappa shape index (κ2) is 9.79. The molecule has 1 saturated heterocycles. The molecule has 2 aromatic carbocycles. The van der Waals surface area contributed by atoms with Crippen molar-refractivity contribution in [3.8, 4) is 5.75 Å². The van der Waals surface area contributed by atoms with Crippen LogP contribution in [0.2, 0.25) is 5.02 Å². The molecule has 1 atom stereocenters. The van der Waals surface area contributed by atoms with E-state index in [-0.39, 0.29) is 18.1 Å². The Morgan fingerprint density at radius 3 is 2.45 bits per heavy atom. The van der Waals surface area contributed by atoms with Crippen molar-refractivity contribution in [1.29, 1.82) is 0 Å². The molecule has 1 aliphatic heterocycles. The molecular weight excluding hydrogens is 410 g/mol. The van der Waals surface area contributed by atoms with Crippen LogP contribution in [0, 0.1) is 11.8 Å². The van der Waals surface area contributed by atoms with Gasteiger partial charge in [0.2, 0.25) is 0 Å². The lowest BCUT2D eigenvalue weighted by Crippen LogP contribution is -2.37. The van der Waals surface area contributed by atoms with Gasteiger partial charge >= 0.3 is 5.97 Å². The summed E-state index contributed by atoms with van der Waals surface area (Å²) in [6, 6.07) is 10.8. The summed E-state index contributed by atoms with van der Waals surface area (Å²) in [6.07, 6.45) is 7.65. The molecule has 2 aliphatic rings. The molecule has 168 valence electrons. The Bertz CT molecular complexity index is 914. The number of carboxylic acids is 1. The summed E-state index contributed by atoms with van der Waals surface area (Å²) in [5.74, 6) is 0.764. The number of hydrogen-bond acceptors (Lipinski definition) is 3. The van der Waals surface area contributed by atoms with Gasteiger partial charge < -0.3 is 9.84 Å².